The fourth-order valence-corrected chi connectivity index (χ4v) is 5.70. The Balaban J connectivity index is 1.93. The monoisotopic (exact) mass is 524 g/mol. The van der Waals surface area contributed by atoms with Gasteiger partial charge in [0.15, 0.2) is 0 Å². The van der Waals surface area contributed by atoms with Crippen molar-refractivity contribution in [3.05, 3.63) is 70.8 Å². The third-order valence-electron chi connectivity index (χ3n) is 7.48. The summed E-state index contributed by atoms with van der Waals surface area (Å²) in [5.74, 6) is -0.196. The van der Waals surface area contributed by atoms with Gasteiger partial charge >= 0.3 is 12.4 Å². The normalized spacial score (nSPS) is 16.9. The summed E-state index contributed by atoms with van der Waals surface area (Å²) in [6.07, 6.45) is -4.48. The maximum Gasteiger partial charge on any atom is 0.417 e. The quantitative estimate of drug-likeness (QED) is 0.291. The molecule has 0 radical (unpaired) electrons. The first-order chi connectivity index (χ1) is 17.5. The van der Waals surface area contributed by atoms with Crippen molar-refractivity contribution >= 4 is 0 Å². The van der Waals surface area contributed by atoms with Crippen LogP contribution in [-0.2, 0) is 24.3 Å². The zero-order chi connectivity index (χ0) is 27.1. The molecule has 37 heavy (non-hydrogen) atoms. The molecule has 202 valence electrons. The summed E-state index contributed by atoms with van der Waals surface area (Å²) in [5, 5.41) is 10.4. The summed E-state index contributed by atoms with van der Waals surface area (Å²) >= 11 is 0. The van der Waals surface area contributed by atoms with Gasteiger partial charge in [-0.05, 0) is 74.4 Å². The fourth-order valence-electron chi connectivity index (χ4n) is 5.70. The van der Waals surface area contributed by atoms with E-state index >= 15 is 0 Å². The average molecular weight is 525 g/mol. The Labute approximate surface area is 215 Å². The Kier molecular flexibility index (Phi) is 9.68. The van der Waals surface area contributed by atoms with Crippen LogP contribution in [-0.4, -0.2) is 18.0 Å². The first kappa shape index (κ1) is 29.0. The van der Waals surface area contributed by atoms with Gasteiger partial charge in [0.05, 0.1) is 22.6 Å². The van der Waals surface area contributed by atoms with Crippen LogP contribution in [0.4, 0.5) is 26.3 Å². The van der Waals surface area contributed by atoms with Gasteiger partial charge in [0.1, 0.15) is 0 Å². The van der Waals surface area contributed by atoms with Crippen LogP contribution in [0, 0.1) is 17.2 Å². The minimum atomic E-state index is -5.18. The third-order valence-corrected chi connectivity index (χ3v) is 7.48. The molecule has 1 aliphatic carbocycles. The highest BCUT2D eigenvalue weighted by atomic mass is 19.4. The van der Waals surface area contributed by atoms with Crippen molar-refractivity contribution < 1.29 is 26.3 Å². The van der Waals surface area contributed by atoms with Crippen LogP contribution in [0.5, 0.6) is 0 Å². The summed E-state index contributed by atoms with van der Waals surface area (Å²) in [5.41, 5.74) is -3.50. The van der Waals surface area contributed by atoms with Crippen molar-refractivity contribution in [3.63, 3.8) is 0 Å². The molecule has 8 heteroatoms. The predicted octanol–water partition coefficient (Wildman–Crippen LogP) is 8.76. The molecule has 2 aromatic carbocycles. The largest absolute Gasteiger partial charge is 0.417 e. The van der Waals surface area contributed by atoms with E-state index in [4.69, 9.17) is 0 Å². The molecule has 0 saturated heterocycles. The SMILES string of the molecule is CCCN(CCCC(C#N)(c1ccc(C(F)(F)F)c(C(F)(F)F)c1)C1CCCCC1)Cc1ccccc1. The molecule has 0 heterocycles. The van der Waals surface area contributed by atoms with Crippen molar-refractivity contribution in [2.24, 2.45) is 5.92 Å². The van der Waals surface area contributed by atoms with Crippen LogP contribution in [0.1, 0.15) is 80.5 Å². The minimum absolute atomic E-state index is 0.0484. The second kappa shape index (κ2) is 12.3. The number of alkyl halides is 6. The maximum absolute atomic E-state index is 13.8. The molecule has 0 bridgehead atoms. The number of hydrogen-bond acceptors (Lipinski definition) is 2. The summed E-state index contributed by atoms with van der Waals surface area (Å²) in [7, 11) is 0. The molecule has 2 nitrogen and oxygen atoms in total. The van der Waals surface area contributed by atoms with Crippen LogP contribution in [0.3, 0.4) is 0 Å². The highest BCUT2D eigenvalue weighted by Crippen LogP contribution is 2.47. The standard InChI is InChI=1S/C29H34F6N2/c1-2-17-37(20-22-10-5-3-6-11-22)18-9-16-27(21-36,23-12-7-4-8-13-23)24-14-15-25(28(30,31)32)26(19-24)29(33,34)35/h3,5-6,10-11,14-15,19,23H,2,4,7-9,12-13,16-18,20H2,1H3. The van der Waals surface area contributed by atoms with Crippen LogP contribution < -0.4 is 0 Å². The van der Waals surface area contributed by atoms with Crippen molar-refractivity contribution in [2.45, 2.75) is 82.6 Å². The predicted molar refractivity (Wildman–Crippen MR) is 132 cm³/mol. The second-order valence-electron chi connectivity index (χ2n) is 10.0. The van der Waals surface area contributed by atoms with Gasteiger partial charge in [-0.2, -0.15) is 31.6 Å². The molecule has 0 N–H and O–H groups in total. The lowest BCUT2D eigenvalue weighted by molar-refractivity contribution is -0.162. The summed E-state index contributed by atoms with van der Waals surface area (Å²) in [4.78, 5) is 2.26. The fraction of sp³-hybridized carbons (Fsp3) is 0.552. The Morgan fingerprint density at radius 1 is 0.865 bits per heavy atom. The van der Waals surface area contributed by atoms with E-state index in [1.165, 1.54) is 0 Å². The number of halogens is 6. The van der Waals surface area contributed by atoms with E-state index in [9.17, 15) is 31.6 Å². The van der Waals surface area contributed by atoms with Crippen LogP contribution in [0.15, 0.2) is 48.5 Å². The van der Waals surface area contributed by atoms with Crippen LogP contribution in [0.25, 0.3) is 0 Å². The lowest BCUT2D eigenvalue weighted by atomic mass is 9.63. The topological polar surface area (TPSA) is 27.0 Å². The van der Waals surface area contributed by atoms with E-state index < -0.39 is 28.9 Å². The Hall–Kier alpha value is -2.53. The highest BCUT2D eigenvalue weighted by Gasteiger charge is 2.46. The molecule has 1 fully saturated rings. The van der Waals surface area contributed by atoms with E-state index in [0.29, 0.717) is 44.4 Å². The average Bonchev–Trinajstić information content (AvgIpc) is 2.87. The molecule has 0 aliphatic heterocycles. The molecule has 1 unspecified atom stereocenters. The smallest absolute Gasteiger partial charge is 0.299 e. The Bertz CT molecular complexity index is 1040. The van der Waals surface area contributed by atoms with Gasteiger partial charge in [0.25, 0.3) is 0 Å². The van der Waals surface area contributed by atoms with Gasteiger partial charge in [0.2, 0.25) is 0 Å². The van der Waals surface area contributed by atoms with E-state index in [2.05, 4.69) is 17.9 Å². The minimum Gasteiger partial charge on any atom is -0.299 e. The molecule has 0 amide bonds. The molecule has 1 atom stereocenters. The van der Waals surface area contributed by atoms with Crippen molar-refractivity contribution in [3.8, 4) is 6.07 Å². The summed E-state index contributed by atoms with van der Waals surface area (Å²) in [6, 6.07) is 14.5. The maximum atomic E-state index is 13.8. The first-order valence-corrected chi connectivity index (χ1v) is 13.0. The number of hydrogen-bond donors (Lipinski definition) is 0. The van der Waals surface area contributed by atoms with Gasteiger partial charge in [-0.3, -0.25) is 4.90 Å². The summed E-state index contributed by atoms with van der Waals surface area (Å²) < 4.78 is 81.5. The van der Waals surface area contributed by atoms with Crippen LogP contribution >= 0.6 is 0 Å². The molecule has 0 spiro atoms. The number of rotatable bonds is 10. The van der Waals surface area contributed by atoms with Gasteiger partial charge in [0, 0.05) is 6.54 Å². The van der Waals surface area contributed by atoms with Gasteiger partial charge in [-0.15, -0.1) is 0 Å². The van der Waals surface area contributed by atoms with E-state index in [-0.39, 0.29) is 11.5 Å². The third kappa shape index (κ3) is 7.28. The Morgan fingerprint density at radius 2 is 1.51 bits per heavy atom. The van der Waals surface area contributed by atoms with E-state index in [1.807, 2.05) is 30.3 Å². The highest BCUT2D eigenvalue weighted by molar-refractivity contribution is 5.43. The Morgan fingerprint density at radius 3 is 2.08 bits per heavy atom. The van der Waals surface area contributed by atoms with Crippen LogP contribution in [0.2, 0.25) is 0 Å². The second-order valence-corrected chi connectivity index (χ2v) is 10.0. The zero-order valence-electron chi connectivity index (χ0n) is 21.1. The molecule has 2 aromatic rings. The molecular formula is C29H34F6N2. The van der Waals surface area contributed by atoms with Crippen molar-refractivity contribution in [1.82, 2.24) is 4.90 Å². The van der Waals surface area contributed by atoms with E-state index in [0.717, 1.165) is 50.4 Å². The van der Waals surface area contributed by atoms with E-state index in [1.54, 1.807) is 0 Å². The van der Waals surface area contributed by atoms with Crippen molar-refractivity contribution in [2.75, 3.05) is 13.1 Å². The first-order valence-electron chi connectivity index (χ1n) is 13.0. The number of nitriles is 1. The number of benzene rings is 2. The van der Waals surface area contributed by atoms with Crippen molar-refractivity contribution in [1.29, 1.82) is 5.26 Å². The molecule has 0 aromatic heterocycles. The zero-order valence-corrected chi connectivity index (χ0v) is 21.1. The molecule has 1 aliphatic rings. The van der Waals surface area contributed by atoms with Gasteiger partial charge < -0.3 is 0 Å². The molecule has 3 rings (SSSR count). The molecule has 1 saturated carbocycles. The number of nitrogens with zero attached hydrogens (tertiary/aromatic N) is 2. The lowest BCUT2D eigenvalue weighted by Crippen LogP contribution is -2.37. The van der Waals surface area contributed by atoms with Gasteiger partial charge in [-0.1, -0.05) is 62.6 Å². The van der Waals surface area contributed by atoms with Gasteiger partial charge in [-0.25, -0.2) is 0 Å². The lowest BCUT2D eigenvalue weighted by Gasteiger charge is -2.39. The summed E-state index contributed by atoms with van der Waals surface area (Å²) in [6.45, 7) is 4.26. The molecular weight excluding hydrogens is 490 g/mol.